The van der Waals surface area contributed by atoms with E-state index in [-0.39, 0.29) is 12.3 Å². The largest absolute Gasteiger partial charge is 0.385 e. The number of rotatable bonds is 5. The first-order valence-corrected chi connectivity index (χ1v) is 7.23. The van der Waals surface area contributed by atoms with Gasteiger partial charge < -0.3 is 10.4 Å². The van der Waals surface area contributed by atoms with Gasteiger partial charge in [-0.3, -0.25) is 4.79 Å². The van der Waals surface area contributed by atoms with Crippen LogP contribution in [0.3, 0.4) is 0 Å². The molecule has 0 unspecified atom stereocenters. The van der Waals surface area contributed by atoms with Gasteiger partial charge in [-0.1, -0.05) is 49.0 Å². The van der Waals surface area contributed by atoms with Crippen LogP contribution in [0.4, 0.5) is 5.69 Å². The van der Waals surface area contributed by atoms with Gasteiger partial charge >= 0.3 is 0 Å². The monoisotopic (exact) mass is 295 g/mol. The summed E-state index contributed by atoms with van der Waals surface area (Å²) in [6.07, 6.45) is 0.177. The summed E-state index contributed by atoms with van der Waals surface area (Å²) >= 11 is 0. The zero-order valence-corrected chi connectivity index (χ0v) is 13.0. The zero-order chi connectivity index (χ0) is 16.2. The van der Waals surface area contributed by atoms with Crippen LogP contribution in [0.25, 0.3) is 0 Å². The Bertz CT molecular complexity index is 675. The highest BCUT2D eigenvalue weighted by atomic mass is 16.3. The van der Waals surface area contributed by atoms with E-state index in [4.69, 9.17) is 0 Å². The number of hydrogen-bond acceptors (Lipinski definition) is 2. The Labute approximate surface area is 131 Å². The summed E-state index contributed by atoms with van der Waals surface area (Å²) in [6.45, 7) is 7.46. The maximum Gasteiger partial charge on any atom is 0.251 e. The van der Waals surface area contributed by atoms with E-state index in [1.165, 1.54) is 0 Å². The van der Waals surface area contributed by atoms with Gasteiger partial charge in [0.1, 0.15) is 0 Å². The van der Waals surface area contributed by atoms with Crippen molar-refractivity contribution in [3.05, 3.63) is 77.9 Å². The normalized spacial score (nSPS) is 13.2. The zero-order valence-electron chi connectivity index (χ0n) is 13.0. The number of hydrogen-bond donors (Lipinski definition) is 2. The van der Waals surface area contributed by atoms with Gasteiger partial charge in [0.05, 0.1) is 5.60 Å². The SMILES string of the molecule is C=C(C[C@](C)(O)c1ccccc1C)C(=O)Nc1ccccc1. The predicted molar refractivity (Wildman–Crippen MR) is 89.6 cm³/mol. The molecular weight excluding hydrogens is 274 g/mol. The second kappa shape index (κ2) is 6.58. The van der Waals surface area contributed by atoms with Crippen molar-refractivity contribution in [2.45, 2.75) is 25.9 Å². The lowest BCUT2D eigenvalue weighted by atomic mass is 9.86. The van der Waals surface area contributed by atoms with Crippen LogP contribution in [0.15, 0.2) is 66.7 Å². The molecule has 2 aromatic rings. The van der Waals surface area contributed by atoms with Crippen molar-refractivity contribution in [1.82, 2.24) is 0 Å². The van der Waals surface area contributed by atoms with Gasteiger partial charge in [-0.05, 0) is 37.1 Å². The predicted octanol–water partition coefficient (Wildman–Crippen LogP) is 3.79. The molecule has 2 rings (SSSR count). The molecule has 114 valence electrons. The Morgan fingerprint density at radius 3 is 2.36 bits per heavy atom. The smallest absolute Gasteiger partial charge is 0.251 e. The lowest BCUT2D eigenvalue weighted by molar-refractivity contribution is -0.113. The second-order valence-electron chi connectivity index (χ2n) is 5.69. The average Bonchev–Trinajstić information content (AvgIpc) is 2.48. The molecule has 0 aliphatic rings. The van der Waals surface area contributed by atoms with E-state index in [0.717, 1.165) is 11.1 Å². The van der Waals surface area contributed by atoms with Gasteiger partial charge in [-0.2, -0.15) is 0 Å². The van der Waals surface area contributed by atoms with Crippen molar-refractivity contribution >= 4 is 11.6 Å². The first kappa shape index (κ1) is 16.0. The van der Waals surface area contributed by atoms with Crippen LogP contribution in [0.1, 0.15) is 24.5 Å². The topological polar surface area (TPSA) is 49.3 Å². The molecule has 2 aromatic carbocycles. The summed E-state index contributed by atoms with van der Waals surface area (Å²) < 4.78 is 0. The number of benzene rings is 2. The van der Waals surface area contributed by atoms with Gasteiger partial charge in [0.2, 0.25) is 0 Å². The van der Waals surface area contributed by atoms with Crippen molar-refractivity contribution in [3.63, 3.8) is 0 Å². The molecule has 0 saturated carbocycles. The summed E-state index contributed by atoms with van der Waals surface area (Å²) in [5.74, 6) is -0.278. The number of anilines is 1. The molecule has 0 saturated heterocycles. The number of para-hydroxylation sites is 1. The van der Waals surface area contributed by atoms with Gasteiger partial charge in [-0.25, -0.2) is 0 Å². The maximum absolute atomic E-state index is 12.2. The fourth-order valence-corrected chi connectivity index (χ4v) is 2.51. The molecule has 0 aliphatic heterocycles. The van der Waals surface area contributed by atoms with E-state index in [2.05, 4.69) is 11.9 Å². The fraction of sp³-hybridized carbons (Fsp3) is 0.211. The summed E-state index contributed by atoms with van der Waals surface area (Å²) in [5.41, 5.74) is 1.73. The number of nitrogens with one attached hydrogen (secondary N) is 1. The first-order valence-electron chi connectivity index (χ1n) is 7.23. The van der Waals surface area contributed by atoms with E-state index in [1.807, 2.05) is 61.5 Å². The Hall–Kier alpha value is -2.39. The third-order valence-electron chi connectivity index (χ3n) is 3.64. The van der Waals surface area contributed by atoms with Gasteiger partial charge in [0.25, 0.3) is 5.91 Å². The molecule has 0 heterocycles. The third-order valence-corrected chi connectivity index (χ3v) is 3.64. The minimum absolute atomic E-state index is 0.177. The van der Waals surface area contributed by atoms with Crippen molar-refractivity contribution in [1.29, 1.82) is 0 Å². The lowest BCUT2D eigenvalue weighted by Gasteiger charge is -2.26. The van der Waals surface area contributed by atoms with Crippen LogP contribution in [0, 0.1) is 6.92 Å². The molecule has 2 N–H and O–H groups in total. The molecule has 22 heavy (non-hydrogen) atoms. The van der Waals surface area contributed by atoms with E-state index in [0.29, 0.717) is 11.3 Å². The molecule has 0 bridgehead atoms. The summed E-state index contributed by atoms with van der Waals surface area (Å²) in [4.78, 5) is 12.2. The van der Waals surface area contributed by atoms with Crippen LogP contribution in [0.2, 0.25) is 0 Å². The Morgan fingerprint density at radius 1 is 1.14 bits per heavy atom. The number of amides is 1. The van der Waals surface area contributed by atoms with E-state index >= 15 is 0 Å². The highest BCUT2D eigenvalue weighted by molar-refractivity contribution is 6.03. The summed E-state index contributed by atoms with van der Waals surface area (Å²) in [5, 5.41) is 13.5. The maximum atomic E-state index is 12.2. The molecule has 3 heteroatoms. The van der Waals surface area contributed by atoms with E-state index < -0.39 is 5.60 Å². The molecule has 0 radical (unpaired) electrons. The Balaban J connectivity index is 2.07. The first-order chi connectivity index (χ1) is 10.4. The highest BCUT2D eigenvalue weighted by Crippen LogP contribution is 2.30. The molecule has 1 atom stereocenters. The summed E-state index contributed by atoms with van der Waals surface area (Å²) in [7, 11) is 0. The number of aryl methyl sites for hydroxylation is 1. The fourth-order valence-electron chi connectivity index (χ4n) is 2.51. The standard InChI is InChI=1S/C19H21NO2/c1-14-9-7-8-12-17(14)19(3,22)13-15(2)18(21)20-16-10-5-4-6-11-16/h4-12,22H,2,13H2,1,3H3,(H,20,21)/t19-/m0/s1. The molecule has 3 nitrogen and oxygen atoms in total. The Morgan fingerprint density at radius 2 is 1.73 bits per heavy atom. The molecule has 0 aliphatic carbocycles. The number of aliphatic hydroxyl groups is 1. The van der Waals surface area contributed by atoms with Crippen LogP contribution in [-0.4, -0.2) is 11.0 Å². The van der Waals surface area contributed by atoms with Crippen LogP contribution in [0.5, 0.6) is 0 Å². The minimum atomic E-state index is -1.13. The van der Waals surface area contributed by atoms with Crippen LogP contribution < -0.4 is 5.32 Å². The van der Waals surface area contributed by atoms with E-state index in [1.54, 1.807) is 6.92 Å². The lowest BCUT2D eigenvalue weighted by Crippen LogP contribution is -2.26. The molecule has 1 amide bonds. The third kappa shape index (κ3) is 3.83. The van der Waals surface area contributed by atoms with Gasteiger partial charge in [0, 0.05) is 17.7 Å². The van der Waals surface area contributed by atoms with Gasteiger partial charge in [0.15, 0.2) is 0 Å². The van der Waals surface area contributed by atoms with Gasteiger partial charge in [-0.15, -0.1) is 0 Å². The number of carbonyl (C=O) groups is 1. The van der Waals surface area contributed by atoms with Crippen LogP contribution >= 0.6 is 0 Å². The molecular formula is C19H21NO2. The van der Waals surface area contributed by atoms with Crippen molar-refractivity contribution < 1.29 is 9.90 Å². The minimum Gasteiger partial charge on any atom is -0.385 e. The van der Waals surface area contributed by atoms with Crippen molar-refractivity contribution in [2.24, 2.45) is 0 Å². The molecule has 0 fully saturated rings. The van der Waals surface area contributed by atoms with Crippen molar-refractivity contribution in [2.75, 3.05) is 5.32 Å². The second-order valence-corrected chi connectivity index (χ2v) is 5.69. The van der Waals surface area contributed by atoms with Crippen LogP contribution in [-0.2, 0) is 10.4 Å². The van der Waals surface area contributed by atoms with Crippen molar-refractivity contribution in [3.8, 4) is 0 Å². The summed E-state index contributed by atoms with van der Waals surface area (Å²) in [6, 6.07) is 16.8. The number of carbonyl (C=O) groups excluding carboxylic acids is 1. The average molecular weight is 295 g/mol. The Kier molecular flexibility index (Phi) is 4.78. The highest BCUT2D eigenvalue weighted by Gasteiger charge is 2.27. The molecule has 0 spiro atoms. The van der Waals surface area contributed by atoms with E-state index in [9.17, 15) is 9.90 Å². The quantitative estimate of drug-likeness (QED) is 0.825. The molecule has 0 aromatic heterocycles.